The standard InChI is InChI=1S/C22H28N2O2S/c1-17-5-6-18(2)21(15-17)27-16-22(25)24-12-4-11-23(13-14-24)19-7-9-20(26-3)10-8-19/h5-10,15H,4,11-14,16H2,1-3H3. The van der Waals surface area contributed by atoms with Crippen molar-refractivity contribution in [2.75, 3.05) is 43.9 Å². The van der Waals surface area contributed by atoms with E-state index in [1.165, 1.54) is 21.7 Å². The summed E-state index contributed by atoms with van der Waals surface area (Å²) in [5.41, 5.74) is 3.66. The van der Waals surface area contributed by atoms with Crippen molar-refractivity contribution < 1.29 is 9.53 Å². The van der Waals surface area contributed by atoms with Crippen molar-refractivity contribution in [3.63, 3.8) is 0 Å². The molecule has 144 valence electrons. The molecule has 4 nitrogen and oxygen atoms in total. The van der Waals surface area contributed by atoms with E-state index in [9.17, 15) is 4.79 Å². The number of benzene rings is 2. The van der Waals surface area contributed by atoms with Gasteiger partial charge in [0.15, 0.2) is 0 Å². The lowest BCUT2D eigenvalue weighted by Gasteiger charge is -2.24. The summed E-state index contributed by atoms with van der Waals surface area (Å²) in [6, 6.07) is 14.6. The second-order valence-electron chi connectivity index (χ2n) is 6.98. The minimum Gasteiger partial charge on any atom is -0.497 e. The highest BCUT2D eigenvalue weighted by Gasteiger charge is 2.19. The second-order valence-corrected chi connectivity index (χ2v) is 7.99. The van der Waals surface area contributed by atoms with E-state index in [1.54, 1.807) is 18.9 Å². The largest absolute Gasteiger partial charge is 0.497 e. The van der Waals surface area contributed by atoms with Crippen molar-refractivity contribution in [3.05, 3.63) is 53.6 Å². The molecule has 0 aliphatic carbocycles. The molecule has 2 aromatic carbocycles. The fourth-order valence-corrected chi connectivity index (χ4v) is 4.34. The van der Waals surface area contributed by atoms with E-state index in [1.807, 2.05) is 17.0 Å². The third-order valence-electron chi connectivity index (χ3n) is 4.98. The molecule has 0 radical (unpaired) electrons. The molecule has 0 atom stereocenters. The first kappa shape index (κ1) is 19.6. The van der Waals surface area contributed by atoms with Gasteiger partial charge in [-0.25, -0.2) is 0 Å². The van der Waals surface area contributed by atoms with Crippen LogP contribution in [0.1, 0.15) is 17.5 Å². The predicted octanol–water partition coefficient (Wildman–Crippen LogP) is 4.14. The molecular formula is C22H28N2O2S. The lowest BCUT2D eigenvalue weighted by Crippen LogP contribution is -2.36. The molecule has 1 heterocycles. The van der Waals surface area contributed by atoms with Gasteiger partial charge in [-0.1, -0.05) is 17.7 Å². The van der Waals surface area contributed by atoms with Crippen LogP contribution < -0.4 is 9.64 Å². The fourth-order valence-electron chi connectivity index (χ4n) is 3.31. The molecule has 5 heteroatoms. The molecule has 1 saturated heterocycles. The highest BCUT2D eigenvalue weighted by atomic mass is 32.2. The van der Waals surface area contributed by atoms with Crippen molar-refractivity contribution in [1.29, 1.82) is 0 Å². The Bertz CT molecular complexity index is 776. The molecule has 1 fully saturated rings. The van der Waals surface area contributed by atoms with Crippen LogP contribution in [-0.4, -0.2) is 49.8 Å². The number of nitrogens with zero attached hydrogens (tertiary/aromatic N) is 2. The Morgan fingerprint density at radius 2 is 1.81 bits per heavy atom. The molecule has 3 rings (SSSR count). The predicted molar refractivity (Wildman–Crippen MR) is 113 cm³/mol. The zero-order chi connectivity index (χ0) is 19.2. The normalized spacial score (nSPS) is 14.8. The van der Waals surface area contributed by atoms with Gasteiger partial charge in [0.25, 0.3) is 0 Å². The summed E-state index contributed by atoms with van der Waals surface area (Å²) in [4.78, 5) is 18.3. The van der Waals surface area contributed by atoms with Crippen LogP contribution >= 0.6 is 11.8 Å². The summed E-state index contributed by atoms with van der Waals surface area (Å²) in [6.07, 6.45) is 0.992. The number of anilines is 1. The Hall–Kier alpha value is -2.14. The molecule has 0 saturated carbocycles. The van der Waals surface area contributed by atoms with Crippen LogP contribution in [0.15, 0.2) is 47.4 Å². The number of hydrogen-bond acceptors (Lipinski definition) is 4. The zero-order valence-electron chi connectivity index (χ0n) is 16.4. The Labute approximate surface area is 166 Å². The minimum atomic E-state index is 0.234. The van der Waals surface area contributed by atoms with Gasteiger partial charge in [0.2, 0.25) is 5.91 Å². The van der Waals surface area contributed by atoms with Crippen molar-refractivity contribution in [2.24, 2.45) is 0 Å². The Morgan fingerprint density at radius 3 is 2.56 bits per heavy atom. The molecule has 1 amide bonds. The van der Waals surface area contributed by atoms with Crippen molar-refractivity contribution >= 4 is 23.4 Å². The van der Waals surface area contributed by atoms with Crippen molar-refractivity contribution in [2.45, 2.75) is 25.2 Å². The Kier molecular flexibility index (Phi) is 6.67. The average molecular weight is 385 g/mol. The summed E-state index contributed by atoms with van der Waals surface area (Å²) < 4.78 is 5.24. The lowest BCUT2D eigenvalue weighted by molar-refractivity contribution is -0.128. The van der Waals surface area contributed by atoms with Crippen LogP contribution in [-0.2, 0) is 4.79 Å². The molecule has 27 heavy (non-hydrogen) atoms. The third kappa shape index (κ3) is 5.19. The molecule has 0 bridgehead atoms. The van der Waals surface area contributed by atoms with E-state index in [-0.39, 0.29) is 5.91 Å². The van der Waals surface area contributed by atoms with Gasteiger partial charge in [-0.05, 0) is 56.2 Å². The highest BCUT2D eigenvalue weighted by molar-refractivity contribution is 8.00. The maximum absolute atomic E-state index is 12.7. The first-order valence-corrected chi connectivity index (χ1v) is 10.4. The van der Waals surface area contributed by atoms with Gasteiger partial charge in [-0.3, -0.25) is 4.79 Å². The maximum Gasteiger partial charge on any atom is 0.232 e. The maximum atomic E-state index is 12.7. The van der Waals surface area contributed by atoms with Crippen LogP contribution in [0.2, 0.25) is 0 Å². The van der Waals surface area contributed by atoms with Crippen molar-refractivity contribution in [1.82, 2.24) is 4.90 Å². The lowest BCUT2D eigenvalue weighted by atomic mass is 10.2. The molecule has 1 aliphatic rings. The van der Waals surface area contributed by atoms with E-state index in [4.69, 9.17) is 4.74 Å². The van der Waals surface area contributed by atoms with Crippen LogP contribution in [0.4, 0.5) is 5.69 Å². The number of carbonyl (C=O) groups excluding carboxylic acids is 1. The topological polar surface area (TPSA) is 32.8 Å². The SMILES string of the molecule is COc1ccc(N2CCCN(C(=O)CSc3cc(C)ccc3C)CC2)cc1. The summed E-state index contributed by atoms with van der Waals surface area (Å²) in [6.45, 7) is 7.64. The number of thioether (sulfide) groups is 1. The van der Waals surface area contributed by atoms with Gasteiger partial charge in [-0.2, -0.15) is 0 Å². The van der Waals surface area contributed by atoms with E-state index in [2.05, 4.69) is 49.1 Å². The Balaban J connectivity index is 1.55. The van der Waals surface area contributed by atoms with Gasteiger partial charge < -0.3 is 14.5 Å². The molecule has 0 spiro atoms. The van der Waals surface area contributed by atoms with Crippen LogP contribution in [0.5, 0.6) is 5.75 Å². The number of rotatable bonds is 5. The summed E-state index contributed by atoms with van der Waals surface area (Å²) in [5.74, 6) is 1.61. The zero-order valence-corrected chi connectivity index (χ0v) is 17.2. The van der Waals surface area contributed by atoms with Crippen LogP contribution in [0.3, 0.4) is 0 Å². The first-order chi connectivity index (χ1) is 13.1. The second kappa shape index (κ2) is 9.18. The number of methoxy groups -OCH3 is 1. The molecule has 1 aliphatic heterocycles. The van der Waals surface area contributed by atoms with E-state index >= 15 is 0 Å². The fraction of sp³-hybridized carbons (Fsp3) is 0.409. The third-order valence-corrected chi connectivity index (χ3v) is 6.12. The van der Waals surface area contributed by atoms with E-state index in [0.717, 1.165) is 38.3 Å². The minimum absolute atomic E-state index is 0.234. The molecule has 0 N–H and O–H groups in total. The van der Waals surface area contributed by atoms with E-state index < -0.39 is 0 Å². The molecule has 0 unspecified atom stereocenters. The number of aryl methyl sites for hydroxylation is 2. The van der Waals surface area contributed by atoms with Gasteiger partial charge in [0.1, 0.15) is 5.75 Å². The number of amides is 1. The molecule has 0 aromatic heterocycles. The number of carbonyl (C=O) groups is 1. The number of hydrogen-bond donors (Lipinski definition) is 0. The van der Waals surface area contributed by atoms with Crippen LogP contribution in [0, 0.1) is 13.8 Å². The Morgan fingerprint density at radius 1 is 1.04 bits per heavy atom. The summed E-state index contributed by atoms with van der Waals surface area (Å²) in [7, 11) is 1.68. The van der Waals surface area contributed by atoms with Gasteiger partial charge >= 0.3 is 0 Å². The number of ether oxygens (including phenoxy) is 1. The monoisotopic (exact) mass is 384 g/mol. The average Bonchev–Trinajstić information content (AvgIpc) is 2.95. The quantitative estimate of drug-likeness (QED) is 0.725. The molecule has 2 aromatic rings. The van der Waals surface area contributed by atoms with Gasteiger partial charge in [0.05, 0.1) is 12.9 Å². The molecular weight excluding hydrogens is 356 g/mol. The first-order valence-electron chi connectivity index (χ1n) is 9.43. The summed E-state index contributed by atoms with van der Waals surface area (Å²) in [5, 5.41) is 0. The van der Waals surface area contributed by atoms with Crippen molar-refractivity contribution in [3.8, 4) is 5.75 Å². The van der Waals surface area contributed by atoms with Crippen LogP contribution in [0.25, 0.3) is 0 Å². The van der Waals surface area contributed by atoms with Gasteiger partial charge in [-0.15, -0.1) is 11.8 Å². The van der Waals surface area contributed by atoms with E-state index in [0.29, 0.717) is 5.75 Å². The summed E-state index contributed by atoms with van der Waals surface area (Å²) >= 11 is 1.65. The highest BCUT2D eigenvalue weighted by Crippen LogP contribution is 2.25. The van der Waals surface area contributed by atoms with Gasteiger partial charge in [0, 0.05) is 36.8 Å². The smallest absolute Gasteiger partial charge is 0.232 e.